The van der Waals surface area contributed by atoms with E-state index in [2.05, 4.69) is 37.2 Å². The molecule has 1 aliphatic heterocycles. The van der Waals surface area contributed by atoms with E-state index in [1.807, 2.05) is 18.2 Å². The van der Waals surface area contributed by atoms with Gasteiger partial charge in [-0.3, -0.25) is 0 Å². The van der Waals surface area contributed by atoms with Crippen LogP contribution in [0.5, 0.6) is 5.75 Å². The molecule has 4 heteroatoms. The van der Waals surface area contributed by atoms with Crippen molar-refractivity contribution >= 4 is 31.9 Å². The van der Waals surface area contributed by atoms with Crippen molar-refractivity contribution in [1.82, 2.24) is 5.32 Å². The van der Waals surface area contributed by atoms with E-state index in [1.54, 1.807) is 0 Å². The summed E-state index contributed by atoms with van der Waals surface area (Å²) in [5.74, 6) is 1.73. The molecule has 0 amide bonds. The second kappa shape index (κ2) is 5.32. The molecule has 1 saturated heterocycles. The van der Waals surface area contributed by atoms with Gasteiger partial charge in [-0.1, -0.05) is 15.9 Å². The summed E-state index contributed by atoms with van der Waals surface area (Å²) in [7, 11) is 0. The lowest BCUT2D eigenvalue weighted by molar-refractivity contribution is 0.237. The Hall–Kier alpha value is -0.0600. The van der Waals surface area contributed by atoms with Crippen LogP contribution in [-0.4, -0.2) is 19.7 Å². The molecule has 0 bridgehead atoms. The van der Waals surface area contributed by atoms with Crippen molar-refractivity contribution in [2.24, 2.45) is 5.92 Å². The first-order chi connectivity index (χ1) is 7.25. The van der Waals surface area contributed by atoms with E-state index in [0.29, 0.717) is 0 Å². The average Bonchev–Trinajstić information content (AvgIpc) is 2.12. The van der Waals surface area contributed by atoms with Gasteiger partial charge in [0.1, 0.15) is 5.75 Å². The minimum atomic E-state index is 0.798. The summed E-state index contributed by atoms with van der Waals surface area (Å²) in [6, 6.07) is 5.97. The molecule has 1 fully saturated rings. The zero-order chi connectivity index (χ0) is 10.7. The van der Waals surface area contributed by atoms with Crippen molar-refractivity contribution in [3.8, 4) is 5.75 Å². The van der Waals surface area contributed by atoms with Crippen LogP contribution in [0.4, 0.5) is 0 Å². The third-order valence-corrected chi connectivity index (χ3v) is 3.66. The monoisotopic (exact) mass is 333 g/mol. The Morgan fingerprint density at radius 3 is 2.73 bits per heavy atom. The standard InChI is InChI=1S/C11H13Br2NO/c12-9-1-2-11(10(13)5-9)15-4-3-8-6-14-7-8/h1-2,5,8,14H,3-4,6-7H2. The summed E-state index contributed by atoms with van der Waals surface area (Å²) in [6.07, 6.45) is 1.13. The number of hydrogen-bond acceptors (Lipinski definition) is 2. The van der Waals surface area contributed by atoms with Crippen molar-refractivity contribution in [2.75, 3.05) is 19.7 Å². The molecule has 0 atom stereocenters. The predicted molar refractivity (Wildman–Crippen MR) is 68.3 cm³/mol. The summed E-state index contributed by atoms with van der Waals surface area (Å²) < 4.78 is 7.77. The SMILES string of the molecule is Brc1ccc(OCCC2CNC2)c(Br)c1. The van der Waals surface area contributed by atoms with E-state index in [-0.39, 0.29) is 0 Å². The number of rotatable bonds is 4. The molecule has 1 aliphatic rings. The molecular weight excluding hydrogens is 322 g/mol. The Bertz CT molecular complexity index is 339. The Morgan fingerprint density at radius 2 is 2.13 bits per heavy atom. The third kappa shape index (κ3) is 3.20. The minimum absolute atomic E-state index is 0.798. The predicted octanol–water partition coefficient (Wildman–Crippen LogP) is 3.20. The molecule has 2 nitrogen and oxygen atoms in total. The van der Waals surface area contributed by atoms with Crippen LogP contribution in [0, 0.1) is 5.92 Å². The highest BCUT2D eigenvalue weighted by Gasteiger charge is 2.16. The first-order valence-corrected chi connectivity index (χ1v) is 6.63. The van der Waals surface area contributed by atoms with Crippen LogP contribution in [-0.2, 0) is 0 Å². The Balaban J connectivity index is 1.81. The molecule has 1 aromatic rings. The second-order valence-corrected chi connectivity index (χ2v) is 5.51. The van der Waals surface area contributed by atoms with Crippen LogP contribution in [0.25, 0.3) is 0 Å². The fourth-order valence-electron chi connectivity index (χ4n) is 1.48. The summed E-state index contributed by atoms with van der Waals surface area (Å²) in [5.41, 5.74) is 0. The Morgan fingerprint density at radius 1 is 1.33 bits per heavy atom. The van der Waals surface area contributed by atoms with Gasteiger partial charge in [0.05, 0.1) is 11.1 Å². The van der Waals surface area contributed by atoms with Gasteiger partial charge in [-0.15, -0.1) is 0 Å². The van der Waals surface area contributed by atoms with Crippen molar-refractivity contribution in [3.05, 3.63) is 27.1 Å². The first kappa shape index (κ1) is 11.4. The first-order valence-electron chi connectivity index (χ1n) is 5.04. The highest BCUT2D eigenvalue weighted by Crippen LogP contribution is 2.28. The van der Waals surface area contributed by atoms with E-state index in [4.69, 9.17) is 4.74 Å². The maximum absolute atomic E-state index is 5.70. The summed E-state index contributed by atoms with van der Waals surface area (Å²) >= 11 is 6.89. The summed E-state index contributed by atoms with van der Waals surface area (Å²) in [5, 5.41) is 3.26. The second-order valence-electron chi connectivity index (χ2n) is 3.74. The van der Waals surface area contributed by atoms with Crippen LogP contribution in [0.15, 0.2) is 27.1 Å². The normalized spacial score (nSPS) is 16.1. The van der Waals surface area contributed by atoms with Gasteiger partial charge in [0, 0.05) is 4.47 Å². The smallest absolute Gasteiger partial charge is 0.133 e. The molecule has 1 aromatic carbocycles. The zero-order valence-corrected chi connectivity index (χ0v) is 11.5. The molecular formula is C11H13Br2NO. The van der Waals surface area contributed by atoms with Gasteiger partial charge in [-0.05, 0) is 59.6 Å². The van der Waals surface area contributed by atoms with Gasteiger partial charge in [0.25, 0.3) is 0 Å². The molecule has 1 N–H and O–H groups in total. The van der Waals surface area contributed by atoms with E-state index >= 15 is 0 Å². The molecule has 0 aromatic heterocycles. The number of halogens is 2. The van der Waals surface area contributed by atoms with E-state index in [9.17, 15) is 0 Å². The number of benzene rings is 1. The van der Waals surface area contributed by atoms with Gasteiger partial charge >= 0.3 is 0 Å². The molecule has 2 rings (SSSR count). The third-order valence-electron chi connectivity index (χ3n) is 2.54. The van der Waals surface area contributed by atoms with E-state index in [1.165, 1.54) is 0 Å². The molecule has 0 unspecified atom stereocenters. The number of ether oxygens (including phenoxy) is 1. The lowest BCUT2D eigenvalue weighted by Gasteiger charge is -2.26. The van der Waals surface area contributed by atoms with Crippen LogP contribution in [0.3, 0.4) is 0 Å². The Kier molecular flexibility index (Phi) is 4.05. The van der Waals surface area contributed by atoms with E-state index < -0.39 is 0 Å². The van der Waals surface area contributed by atoms with Crippen molar-refractivity contribution in [3.63, 3.8) is 0 Å². The van der Waals surface area contributed by atoms with Gasteiger partial charge in [0.2, 0.25) is 0 Å². The molecule has 15 heavy (non-hydrogen) atoms. The molecule has 0 radical (unpaired) electrons. The summed E-state index contributed by atoms with van der Waals surface area (Å²) in [6.45, 7) is 3.09. The lowest BCUT2D eigenvalue weighted by atomic mass is 10.0. The Labute approximate surface area is 107 Å². The topological polar surface area (TPSA) is 21.3 Å². The van der Waals surface area contributed by atoms with Crippen molar-refractivity contribution in [2.45, 2.75) is 6.42 Å². The van der Waals surface area contributed by atoms with Crippen molar-refractivity contribution < 1.29 is 4.74 Å². The molecule has 1 heterocycles. The van der Waals surface area contributed by atoms with Gasteiger partial charge in [0.15, 0.2) is 0 Å². The van der Waals surface area contributed by atoms with Crippen LogP contribution in [0.1, 0.15) is 6.42 Å². The fourth-order valence-corrected chi connectivity index (χ4v) is 2.64. The molecule has 0 aliphatic carbocycles. The van der Waals surface area contributed by atoms with Crippen LogP contribution >= 0.6 is 31.9 Å². The fraction of sp³-hybridized carbons (Fsp3) is 0.455. The van der Waals surface area contributed by atoms with Gasteiger partial charge in [-0.25, -0.2) is 0 Å². The number of hydrogen-bond donors (Lipinski definition) is 1. The molecule has 0 spiro atoms. The number of nitrogens with one attached hydrogen (secondary N) is 1. The van der Waals surface area contributed by atoms with Crippen molar-refractivity contribution in [1.29, 1.82) is 0 Å². The highest BCUT2D eigenvalue weighted by atomic mass is 79.9. The van der Waals surface area contributed by atoms with Crippen LogP contribution in [0.2, 0.25) is 0 Å². The molecule has 0 saturated carbocycles. The van der Waals surface area contributed by atoms with Crippen LogP contribution < -0.4 is 10.1 Å². The highest BCUT2D eigenvalue weighted by molar-refractivity contribution is 9.11. The quantitative estimate of drug-likeness (QED) is 0.913. The van der Waals surface area contributed by atoms with Gasteiger partial charge in [-0.2, -0.15) is 0 Å². The maximum atomic E-state index is 5.70. The largest absolute Gasteiger partial charge is 0.492 e. The lowest BCUT2D eigenvalue weighted by Crippen LogP contribution is -2.42. The minimum Gasteiger partial charge on any atom is -0.492 e. The maximum Gasteiger partial charge on any atom is 0.133 e. The van der Waals surface area contributed by atoms with E-state index in [0.717, 1.165) is 46.7 Å². The zero-order valence-electron chi connectivity index (χ0n) is 8.30. The summed E-state index contributed by atoms with van der Waals surface area (Å²) in [4.78, 5) is 0. The average molecular weight is 335 g/mol. The molecule has 82 valence electrons. The van der Waals surface area contributed by atoms with Gasteiger partial charge < -0.3 is 10.1 Å².